The number of ether oxygens (including phenoxy) is 2. The van der Waals surface area contributed by atoms with E-state index in [-0.39, 0.29) is 5.56 Å². The topological polar surface area (TPSA) is 65.7 Å². The number of thioether (sulfide) groups is 1. The zero-order valence-electron chi connectivity index (χ0n) is 16.3. The van der Waals surface area contributed by atoms with Gasteiger partial charge in [0.2, 0.25) is 0 Å². The molecular weight excluding hydrogens is 418 g/mol. The summed E-state index contributed by atoms with van der Waals surface area (Å²) in [6.45, 7) is 0. The summed E-state index contributed by atoms with van der Waals surface area (Å²) >= 11 is 2.99. The van der Waals surface area contributed by atoms with Crippen LogP contribution in [-0.2, 0) is 0 Å². The van der Waals surface area contributed by atoms with Crippen molar-refractivity contribution in [3.05, 3.63) is 69.8 Å². The van der Waals surface area contributed by atoms with Crippen molar-refractivity contribution in [2.75, 3.05) is 20.0 Å². The van der Waals surface area contributed by atoms with Gasteiger partial charge >= 0.3 is 0 Å². The standard InChI is InChI=1S/C22H17N3O3S2/c1-27-17-9-8-14(10-18(17)28-2)16-12-30-22-23-20-19(21(26)25(22)24-16)15(11-29-20)13-6-4-3-5-7-13/h3-11H,12H2,1-2H3. The normalized spacial score (nSPS) is 13.1. The van der Waals surface area contributed by atoms with Crippen molar-refractivity contribution < 1.29 is 9.47 Å². The molecule has 150 valence electrons. The van der Waals surface area contributed by atoms with Crippen LogP contribution < -0.4 is 15.0 Å². The fourth-order valence-electron chi connectivity index (χ4n) is 3.41. The Labute approximate surface area is 180 Å². The van der Waals surface area contributed by atoms with Crippen molar-refractivity contribution in [1.29, 1.82) is 0 Å². The Morgan fingerprint density at radius 3 is 2.57 bits per heavy atom. The lowest BCUT2D eigenvalue weighted by atomic mass is 10.1. The largest absolute Gasteiger partial charge is 0.493 e. The zero-order chi connectivity index (χ0) is 20.7. The second kappa shape index (κ2) is 7.62. The lowest BCUT2D eigenvalue weighted by Crippen LogP contribution is -2.25. The van der Waals surface area contributed by atoms with Crippen LogP contribution >= 0.6 is 23.1 Å². The SMILES string of the molecule is COc1ccc(C2=Nn3c(nc4scc(-c5ccccc5)c4c3=O)SC2)cc1OC. The predicted octanol–water partition coefficient (Wildman–Crippen LogP) is 4.50. The van der Waals surface area contributed by atoms with Gasteiger partial charge in [0, 0.05) is 22.3 Å². The number of benzene rings is 2. The Balaban J connectivity index is 1.66. The van der Waals surface area contributed by atoms with Gasteiger partial charge in [0.25, 0.3) is 5.56 Å². The van der Waals surface area contributed by atoms with Crippen molar-refractivity contribution in [3.8, 4) is 22.6 Å². The van der Waals surface area contributed by atoms with E-state index in [1.807, 2.05) is 53.9 Å². The molecule has 0 unspecified atom stereocenters. The van der Waals surface area contributed by atoms with Gasteiger partial charge in [-0.25, -0.2) is 4.98 Å². The minimum absolute atomic E-state index is 0.153. The third-order valence-corrected chi connectivity index (χ3v) is 6.73. The molecule has 5 rings (SSSR count). The smallest absolute Gasteiger partial charge is 0.284 e. The number of thiophene rings is 1. The number of nitrogens with zero attached hydrogens (tertiary/aromatic N) is 3. The Morgan fingerprint density at radius 2 is 1.80 bits per heavy atom. The maximum atomic E-state index is 13.4. The quantitative estimate of drug-likeness (QED) is 0.442. The maximum Gasteiger partial charge on any atom is 0.284 e. The molecule has 3 heterocycles. The highest BCUT2D eigenvalue weighted by molar-refractivity contribution is 7.99. The predicted molar refractivity (Wildman–Crippen MR) is 122 cm³/mol. The molecule has 2 aromatic heterocycles. The molecule has 0 atom stereocenters. The van der Waals surface area contributed by atoms with Gasteiger partial charge in [0.1, 0.15) is 4.83 Å². The van der Waals surface area contributed by atoms with Crippen molar-refractivity contribution in [2.24, 2.45) is 5.10 Å². The van der Waals surface area contributed by atoms with Crippen LogP contribution in [0.25, 0.3) is 21.3 Å². The van der Waals surface area contributed by atoms with Gasteiger partial charge < -0.3 is 9.47 Å². The molecule has 6 nitrogen and oxygen atoms in total. The van der Waals surface area contributed by atoms with E-state index in [1.54, 1.807) is 14.2 Å². The molecule has 8 heteroatoms. The van der Waals surface area contributed by atoms with E-state index in [0.29, 0.717) is 27.8 Å². The Bertz CT molecular complexity index is 1340. The molecule has 1 aliphatic heterocycles. The minimum Gasteiger partial charge on any atom is -0.493 e. The first-order valence-electron chi connectivity index (χ1n) is 9.22. The highest BCUT2D eigenvalue weighted by Crippen LogP contribution is 2.34. The van der Waals surface area contributed by atoms with E-state index in [9.17, 15) is 4.79 Å². The molecule has 0 spiro atoms. The van der Waals surface area contributed by atoms with E-state index >= 15 is 0 Å². The molecule has 4 aromatic rings. The van der Waals surface area contributed by atoms with Crippen LogP contribution in [0.2, 0.25) is 0 Å². The van der Waals surface area contributed by atoms with Crippen LogP contribution in [-0.4, -0.2) is 35.3 Å². The van der Waals surface area contributed by atoms with Gasteiger partial charge in [-0.1, -0.05) is 42.1 Å². The summed E-state index contributed by atoms with van der Waals surface area (Å²) in [5.41, 5.74) is 3.40. The second-order valence-corrected chi connectivity index (χ2v) is 8.41. The summed E-state index contributed by atoms with van der Waals surface area (Å²) in [4.78, 5) is 18.8. The Kier molecular flexibility index (Phi) is 4.80. The van der Waals surface area contributed by atoms with Gasteiger partial charge in [0.15, 0.2) is 16.7 Å². The minimum atomic E-state index is -0.153. The fourth-order valence-corrected chi connectivity index (χ4v) is 5.30. The van der Waals surface area contributed by atoms with Crippen LogP contribution in [0.15, 0.2) is 69.0 Å². The highest BCUT2D eigenvalue weighted by Gasteiger charge is 2.22. The molecule has 0 saturated heterocycles. The van der Waals surface area contributed by atoms with E-state index in [2.05, 4.69) is 5.10 Å². The monoisotopic (exact) mass is 435 g/mol. The van der Waals surface area contributed by atoms with Gasteiger partial charge in [0.05, 0.1) is 25.3 Å². The fraction of sp³-hybridized carbons (Fsp3) is 0.136. The first-order chi connectivity index (χ1) is 14.7. The summed E-state index contributed by atoms with van der Waals surface area (Å²) in [5.74, 6) is 1.89. The molecular formula is C22H17N3O3S2. The molecule has 0 radical (unpaired) electrons. The first-order valence-corrected chi connectivity index (χ1v) is 11.1. The average molecular weight is 436 g/mol. The van der Waals surface area contributed by atoms with Crippen LogP contribution in [0.3, 0.4) is 0 Å². The van der Waals surface area contributed by atoms with Gasteiger partial charge in [-0.2, -0.15) is 9.78 Å². The second-order valence-electron chi connectivity index (χ2n) is 6.61. The molecule has 0 bridgehead atoms. The van der Waals surface area contributed by atoms with Gasteiger partial charge in [-0.15, -0.1) is 11.3 Å². The molecule has 0 fully saturated rings. The summed E-state index contributed by atoms with van der Waals surface area (Å²) in [6, 6.07) is 15.5. The molecule has 0 N–H and O–H groups in total. The van der Waals surface area contributed by atoms with Gasteiger partial charge in [-0.05, 0) is 23.8 Å². The molecule has 1 aliphatic rings. The molecule has 0 saturated carbocycles. The Morgan fingerprint density at radius 1 is 1.00 bits per heavy atom. The van der Waals surface area contributed by atoms with E-state index < -0.39 is 0 Å². The number of fused-ring (bicyclic) bond motifs is 2. The van der Waals surface area contributed by atoms with E-state index in [1.165, 1.54) is 27.8 Å². The first kappa shape index (κ1) is 18.9. The van der Waals surface area contributed by atoms with Crippen LogP contribution in [0.1, 0.15) is 5.56 Å². The third-order valence-electron chi connectivity index (χ3n) is 4.92. The number of rotatable bonds is 4. The zero-order valence-corrected chi connectivity index (χ0v) is 17.9. The van der Waals surface area contributed by atoms with Crippen LogP contribution in [0.4, 0.5) is 0 Å². The molecule has 30 heavy (non-hydrogen) atoms. The number of aromatic nitrogens is 2. The lowest BCUT2D eigenvalue weighted by molar-refractivity contribution is 0.355. The summed E-state index contributed by atoms with van der Waals surface area (Å²) < 4.78 is 12.1. The molecule has 0 aliphatic carbocycles. The van der Waals surface area contributed by atoms with Crippen molar-refractivity contribution in [2.45, 2.75) is 5.16 Å². The number of hydrogen-bond acceptors (Lipinski definition) is 7. The molecule has 2 aromatic carbocycles. The summed E-state index contributed by atoms with van der Waals surface area (Å²) in [6.07, 6.45) is 0. The van der Waals surface area contributed by atoms with E-state index in [0.717, 1.165) is 27.2 Å². The summed E-state index contributed by atoms with van der Waals surface area (Å²) in [5, 5.41) is 7.86. The van der Waals surface area contributed by atoms with Crippen LogP contribution in [0, 0.1) is 0 Å². The summed E-state index contributed by atoms with van der Waals surface area (Å²) in [7, 11) is 3.20. The lowest BCUT2D eigenvalue weighted by Gasteiger charge is -2.17. The van der Waals surface area contributed by atoms with Crippen molar-refractivity contribution in [3.63, 3.8) is 0 Å². The highest BCUT2D eigenvalue weighted by atomic mass is 32.2. The van der Waals surface area contributed by atoms with Gasteiger partial charge in [-0.3, -0.25) is 4.79 Å². The number of methoxy groups -OCH3 is 2. The van der Waals surface area contributed by atoms with Crippen LogP contribution in [0.5, 0.6) is 11.5 Å². The third kappa shape index (κ3) is 3.09. The number of hydrogen-bond donors (Lipinski definition) is 0. The maximum absolute atomic E-state index is 13.4. The average Bonchev–Trinajstić information content (AvgIpc) is 3.23. The van der Waals surface area contributed by atoms with Crippen molar-refractivity contribution >= 4 is 39.0 Å². The molecule has 0 amide bonds. The van der Waals surface area contributed by atoms with Crippen molar-refractivity contribution in [1.82, 2.24) is 9.66 Å². The Hall–Kier alpha value is -3.10. The van der Waals surface area contributed by atoms with E-state index in [4.69, 9.17) is 14.5 Å².